The van der Waals surface area contributed by atoms with Crippen LogP contribution < -0.4 is 4.90 Å². The van der Waals surface area contributed by atoms with Gasteiger partial charge in [-0.25, -0.2) is 0 Å². The first kappa shape index (κ1) is 14.1. The van der Waals surface area contributed by atoms with Gasteiger partial charge in [0, 0.05) is 12.2 Å². The van der Waals surface area contributed by atoms with E-state index in [1.54, 1.807) is 30.2 Å². The second-order valence-corrected chi connectivity index (χ2v) is 4.82. The standard InChI is InChI=1S/C17H16N2O3/c1-3-19(13-8-5-4-6-9-13)17(20)15-12(2)22-18-16(15)14-10-7-11-21-14/h4-11H,3H2,1-2H3. The minimum absolute atomic E-state index is 0.154. The van der Waals surface area contributed by atoms with Crippen LogP contribution in [0.25, 0.3) is 11.5 Å². The molecule has 0 atom stereocenters. The lowest BCUT2D eigenvalue weighted by Crippen LogP contribution is -2.31. The van der Waals surface area contributed by atoms with E-state index in [2.05, 4.69) is 5.16 Å². The molecule has 0 saturated heterocycles. The Morgan fingerprint density at radius 1 is 1.18 bits per heavy atom. The summed E-state index contributed by atoms with van der Waals surface area (Å²) in [5.41, 5.74) is 1.70. The molecule has 2 heterocycles. The van der Waals surface area contributed by atoms with E-state index in [9.17, 15) is 4.79 Å². The Hall–Kier alpha value is -2.82. The molecule has 112 valence electrons. The van der Waals surface area contributed by atoms with Gasteiger partial charge in [-0.2, -0.15) is 0 Å². The number of rotatable bonds is 4. The van der Waals surface area contributed by atoms with Crippen molar-refractivity contribution in [3.05, 3.63) is 60.1 Å². The van der Waals surface area contributed by atoms with Crippen LogP contribution in [-0.2, 0) is 0 Å². The summed E-state index contributed by atoms with van der Waals surface area (Å²) < 4.78 is 10.6. The van der Waals surface area contributed by atoms with Crippen LogP contribution >= 0.6 is 0 Å². The molecule has 1 aromatic carbocycles. The summed E-state index contributed by atoms with van der Waals surface area (Å²) in [6.07, 6.45) is 1.54. The Morgan fingerprint density at radius 2 is 1.95 bits per heavy atom. The molecule has 5 nitrogen and oxygen atoms in total. The molecule has 0 saturated carbocycles. The van der Waals surface area contributed by atoms with E-state index < -0.39 is 0 Å². The van der Waals surface area contributed by atoms with Gasteiger partial charge in [-0.15, -0.1) is 0 Å². The summed E-state index contributed by atoms with van der Waals surface area (Å²) in [7, 11) is 0. The Morgan fingerprint density at radius 3 is 2.59 bits per heavy atom. The molecule has 0 radical (unpaired) electrons. The van der Waals surface area contributed by atoms with Crippen molar-refractivity contribution in [1.82, 2.24) is 5.16 Å². The molecule has 0 fully saturated rings. The van der Waals surface area contributed by atoms with Gasteiger partial charge in [0.15, 0.2) is 11.5 Å². The maximum atomic E-state index is 13.0. The first-order chi connectivity index (χ1) is 10.7. The Bertz CT molecular complexity index is 761. The molecular weight excluding hydrogens is 280 g/mol. The molecule has 0 unspecified atom stereocenters. The average molecular weight is 296 g/mol. The molecule has 0 aliphatic carbocycles. The topological polar surface area (TPSA) is 59.5 Å². The van der Waals surface area contributed by atoms with Crippen LogP contribution in [-0.4, -0.2) is 17.6 Å². The van der Waals surface area contributed by atoms with Gasteiger partial charge in [-0.3, -0.25) is 4.79 Å². The van der Waals surface area contributed by atoms with E-state index >= 15 is 0 Å². The summed E-state index contributed by atoms with van der Waals surface area (Å²) in [4.78, 5) is 14.6. The second-order valence-electron chi connectivity index (χ2n) is 4.82. The SMILES string of the molecule is CCN(C(=O)c1c(-c2ccco2)noc1C)c1ccccc1. The predicted molar refractivity (Wildman–Crippen MR) is 82.7 cm³/mol. The van der Waals surface area contributed by atoms with Crippen LogP contribution in [0.4, 0.5) is 5.69 Å². The highest BCUT2D eigenvalue weighted by molar-refractivity contribution is 6.10. The largest absolute Gasteiger partial charge is 0.463 e. The van der Waals surface area contributed by atoms with Gasteiger partial charge < -0.3 is 13.8 Å². The molecule has 22 heavy (non-hydrogen) atoms. The van der Waals surface area contributed by atoms with Gasteiger partial charge in [0.1, 0.15) is 11.3 Å². The zero-order valence-electron chi connectivity index (χ0n) is 12.4. The number of hydrogen-bond acceptors (Lipinski definition) is 4. The lowest BCUT2D eigenvalue weighted by atomic mass is 10.1. The number of nitrogens with zero attached hydrogens (tertiary/aromatic N) is 2. The molecule has 3 rings (SSSR count). The van der Waals surface area contributed by atoms with E-state index in [-0.39, 0.29) is 5.91 Å². The Kier molecular flexibility index (Phi) is 3.78. The normalized spacial score (nSPS) is 10.6. The van der Waals surface area contributed by atoms with Gasteiger partial charge in [-0.05, 0) is 38.1 Å². The van der Waals surface area contributed by atoms with Crippen LogP contribution in [0.5, 0.6) is 0 Å². The summed E-state index contributed by atoms with van der Waals surface area (Å²) in [6, 6.07) is 13.0. The maximum absolute atomic E-state index is 13.0. The number of aromatic nitrogens is 1. The third-order valence-electron chi connectivity index (χ3n) is 3.46. The highest BCUT2D eigenvalue weighted by atomic mass is 16.5. The molecule has 0 aliphatic heterocycles. The van der Waals surface area contributed by atoms with Gasteiger partial charge >= 0.3 is 0 Å². The van der Waals surface area contributed by atoms with Crippen LogP contribution in [0, 0.1) is 6.92 Å². The highest BCUT2D eigenvalue weighted by Crippen LogP contribution is 2.28. The number of carbonyl (C=O) groups excluding carboxylic acids is 1. The average Bonchev–Trinajstić information content (AvgIpc) is 3.18. The molecule has 0 aliphatic rings. The quantitative estimate of drug-likeness (QED) is 0.732. The fourth-order valence-electron chi connectivity index (χ4n) is 2.39. The van der Waals surface area contributed by atoms with E-state index in [0.717, 1.165) is 5.69 Å². The van der Waals surface area contributed by atoms with Crippen LogP contribution in [0.3, 0.4) is 0 Å². The fraction of sp³-hybridized carbons (Fsp3) is 0.176. The van der Waals surface area contributed by atoms with Crippen LogP contribution in [0.1, 0.15) is 23.0 Å². The smallest absolute Gasteiger partial charge is 0.264 e. The second kappa shape index (κ2) is 5.89. The molecule has 0 spiro atoms. The highest BCUT2D eigenvalue weighted by Gasteiger charge is 2.27. The van der Waals surface area contributed by atoms with Gasteiger partial charge in [0.2, 0.25) is 0 Å². The number of para-hydroxylation sites is 1. The summed E-state index contributed by atoms with van der Waals surface area (Å²) in [5.74, 6) is 0.842. The van der Waals surface area contributed by atoms with Crippen LogP contribution in [0.2, 0.25) is 0 Å². The van der Waals surface area contributed by atoms with Gasteiger partial charge in [-0.1, -0.05) is 23.4 Å². The number of aryl methyl sites for hydroxylation is 1. The first-order valence-electron chi connectivity index (χ1n) is 7.09. The molecule has 1 amide bonds. The summed E-state index contributed by atoms with van der Waals surface area (Å²) in [6.45, 7) is 4.21. The van der Waals surface area contributed by atoms with Crippen molar-refractivity contribution in [3.63, 3.8) is 0 Å². The fourth-order valence-corrected chi connectivity index (χ4v) is 2.39. The van der Waals surface area contributed by atoms with Crippen molar-refractivity contribution in [3.8, 4) is 11.5 Å². The number of amides is 1. The molecule has 0 N–H and O–H groups in total. The molecule has 5 heteroatoms. The third kappa shape index (κ3) is 2.41. The molecule has 3 aromatic rings. The molecular formula is C17H16N2O3. The van der Waals surface area contributed by atoms with Crippen molar-refractivity contribution in [2.75, 3.05) is 11.4 Å². The Labute approximate surface area is 128 Å². The zero-order valence-corrected chi connectivity index (χ0v) is 12.4. The lowest BCUT2D eigenvalue weighted by Gasteiger charge is -2.20. The monoisotopic (exact) mass is 296 g/mol. The number of benzene rings is 1. The zero-order chi connectivity index (χ0) is 15.5. The van der Waals surface area contributed by atoms with Gasteiger partial charge in [0.05, 0.1) is 6.26 Å². The van der Waals surface area contributed by atoms with Crippen molar-refractivity contribution >= 4 is 11.6 Å². The third-order valence-corrected chi connectivity index (χ3v) is 3.46. The van der Waals surface area contributed by atoms with Gasteiger partial charge in [0.25, 0.3) is 5.91 Å². The predicted octanol–water partition coefficient (Wildman–Crippen LogP) is 3.91. The van der Waals surface area contributed by atoms with E-state index in [1.165, 1.54) is 0 Å². The van der Waals surface area contributed by atoms with Crippen molar-refractivity contribution < 1.29 is 13.7 Å². The number of furan rings is 1. The number of hydrogen-bond donors (Lipinski definition) is 0. The van der Waals surface area contributed by atoms with E-state index in [0.29, 0.717) is 29.3 Å². The molecule has 2 aromatic heterocycles. The van der Waals surface area contributed by atoms with E-state index in [1.807, 2.05) is 37.3 Å². The van der Waals surface area contributed by atoms with Crippen molar-refractivity contribution in [2.24, 2.45) is 0 Å². The summed E-state index contributed by atoms with van der Waals surface area (Å²) >= 11 is 0. The minimum Gasteiger partial charge on any atom is -0.463 e. The van der Waals surface area contributed by atoms with Crippen molar-refractivity contribution in [2.45, 2.75) is 13.8 Å². The summed E-state index contributed by atoms with van der Waals surface area (Å²) in [5, 5.41) is 3.97. The van der Waals surface area contributed by atoms with Crippen LogP contribution in [0.15, 0.2) is 57.7 Å². The number of anilines is 1. The maximum Gasteiger partial charge on any atom is 0.264 e. The number of carbonyl (C=O) groups is 1. The Balaban J connectivity index is 2.04. The van der Waals surface area contributed by atoms with E-state index in [4.69, 9.17) is 8.94 Å². The van der Waals surface area contributed by atoms with Crippen molar-refractivity contribution in [1.29, 1.82) is 0 Å². The first-order valence-corrected chi connectivity index (χ1v) is 7.09. The minimum atomic E-state index is -0.154. The molecule has 0 bridgehead atoms. The lowest BCUT2D eigenvalue weighted by molar-refractivity contribution is 0.0987.